The van der Waals surface area contributed by atoms with E-state index in [1.54, 1.807) is 0 Å². The molecule has 0 aliphatic carbocycles. The van der Waals surface area contributed by atoms with Gasteiger partial charge < -0.3 is 15.2 Å². The van der Waals surface area contributed by atoms with Crippen LogP contribution in [0.4, 0.5) is 5.69 Å². The summed E-state index contributed by atoms with van der Waals surface area (Å²) in [5.41, 5.74) is 5.22. The third-order valence-electron chi connectivity index (χ3n) is 4.71. The van der Waals surface area contributed by atoms with Crippen LogP contribution in [0.1, 0.15) is 11.1 Å². The molecule has 24 heavy (non-hydrogen) atoms. The quantitative estimate of drug-likeness (QED) is 0.574. The average Bonchev–Trinajstić information content (AvgIpc) is 3.23. The minimum atomic E-state index is 0.868. The Labute approximate surface area is 142 Å². The highest BCUT2D eigenvalue weighted by Gasteiger charge is 2.22. The number of aromatic nitrogens is 1. The second-order valence-corrected chi connectivity index (χ2v) is 6.11. The van der Waals surface area contributed by atoms with Crippen molar-refractivity contribution in [3.63, 3.8) is 0 Å². The van der Waals surface area contributed by atoms with Gasteiger partial charge in [0, 0.05) is 42.9 Å². The fourth-order valence-corrected chi connectivity index (χ4v) is 3.50. The van der Waals surface area contributed by atoms with Gasteiger partial charge in [-0.3, -0.25) is 4.99 Å². The molecule has 2 N–H and O–H groups in total. The van der Waals surface area contributed by atoms with Crippen LogP contribution in [0, 0.1) is 0 Å². The molecule has 0 atom stereocenters. The number of fused-ring (bicyclic) bond motifs is 2. The molecule has 4 heteroatoms. The predicted octanol–water partition coefficient (Wildman–Crippen LogP) is 3.35. The first-order valence-electron chi connectivity index (χ1n) is 8.48. The van der Waals surface area contributed by atoms with Crippen LogP contribution in [0.5, 0.6) is 0 Å². The molecule has 4 nitrogen and oxygen atoms in total. The summed E-state index contributed by atoms with van der Waals surface area (Å²) >= 11 is 0. The number of anilines is 1. The molecule has 3 aromatic rings. The van der Waals surface area contributed by atoms with E-state index < -0.39 is 0 Å². The maximum absolute atomic E-state index is 4.47. The number of hydrogen-bond acceptors (Lipinski definition) is 1. The summed E-state index contributed by atoms with van der Waals surface area (Å²) in [6, 6.07) is 17.0. The highest BCUT2D eigenvalue weighted by atomic mass is 15.3. The third kappa shape index (κ3) is 2.64. The summed E-state index contributed by atoms with van der Waals surface area (Å²) in [6.07, 6.45) is 4.16. The molecule has 0 radical (unpaired) electrons. The Hall–Kier alpha value is -2.75. The highest BCUT2D eigenvalue weighted by molar-refractivity contribution is 5.98. The summed E-state index contributed by atoms with van der Waals surface area (Å²) in [6.45, 7) is 1.86. The molecule has 1 aliphatic rings. The minimum Gasteiger partial charge on any atom is -0.361 e. The van der Waals surface area contributed by atoms with Crippen molar-refractivity contribution in [2.24, 2.45) is 4.99 Å². The maximum atomic E-state index is 4.47. The van der Waals surface area contributed by atoms with Crippen molar-refractivity contribution in [1.29, 1.82) is 0 Å². The zero-order valence-electron chi connectivity index (χ0n) is 13.9. The van der Waals surface area contributed by atoms with Crippen LogP contribution in [0.25, 0.3) is 10.9 Å². The Kier molecular flexibility index (Phi) is 3.95. The maximum Gasteiger partial charge on any atom is 0.198 e. The predicted molar refractivity (Wildman–Crippen MR) is 101 cm³/mol. The van der Waals surface area contributed by atoms with Gasteiger partial charge in [0.2, 0.25) is 0 Å². The largest absolute Gasteiger partial charge is 0.361 e. The number of benzene rings is 2. The molecule has 1 aromatic heterocycles. The zero-order valence-corrected chi connectivity index (χ0v) is 13.9. The minimum absolute atomic E-state index is 0.868. The standard InChI is InChI=1S/C20H22N4/c1-21-20(24-13-11-15-6-2-5-9-19(15)24)22-12-10-16-14-23-18-8-4-3-7-17(16)18/h2-9,14,23H,10-13H2,1H3,(H,21,22). The number of H-pyrrole nitrogens is 1. The van der Waals surface area contributed by atoms with Crippen LogP contribution >= 0.6 is 0 Å². The number of nitrogens with one attached hydrogen (secondary N) is 2. The van der Waals surface area contributed by atoms with Gasteiger partial charge in [0.15, 0.2) is 5.96 Å². The fraction of sp³-hybridized carbons (Fsp3) is 0.250. The van der Waals surface area contributed by atoms with Crippen LogP contribution in [0.3, 0.4) is 0 Å². The number of hydrogen-bond donors (Lipinski definition) is 2. The van der Waals surface area contributed by atoms with Crippen LogP contribution < -0.4 is 10.2 Å². The third-order valence-corrected chi connectivity index (χ3v) is 4.71. The molecule has 2 aromatic carbocycles. The van der Waals surface area contributed by atoms with Gasteiger partial charge in [0.1, 0.15) is 0 Å². The SMILES string of the molecule is CN=C(NCCc1c[nH]c2ccccc12)N1CCc2ccccc21. The smallest absolute Gasteiger partial charge is 0.198 e. The van der Waals surface area contributed by atoms with E-state index in [0.717, 1.165) is 31.9 Å². The van der Waals surface area contributed by atoms with Crippen LogP contribution in [0.2, 0.25) is 0 Å². The van der Waals surface area contributed by atoms with Crippen molar-refractivity contribution < 1.29 is 0 Å². The first kappa shape index (κ1) is 14.8. The molecule has 2 heterocycles. The number of para-hydroxylation sites is 2. The number of nitrogens with zero attached hydrogens (tertiary/aromatic N) is 2. The highest BCUT2D eigenvalue weighted by Crippen LogP contribution is 2.27. The Morgan fingerprint density at radius 1 is 1.17 bits per heavy atom. The van der Waals surface area contributed by atoms with Crippen LogP contribution in [-0.4, -0.2) is 31.1 Å². The summed E-state index contributed by atoms with van der Waals surface area (Å²) in [7, 11) is 1.86. The van der Waals surface area contributed by atoms with Gasteiger partial charge in [-0.25, -0.2) is 0 Å². The molecule has 0 unspecified atom stereocenters. The monoisotopic (exact) mass is 318 g/mol. The van der Waals surface area contributed by atoms with Crippen LogP contribution in [-0.2, 0) is 12.8 Å². The number of guanidine groups is 1. The van der Waals surface area contributed by atoms with Crippen molar-refractivity contribution in [3.05, 3.63) is 65.9 Å². The topological polar surface area (TPSA) is 43.4 Å². The van der Waals surface area contributed by atoms with E-state index in [1.807, 2.05) is 7.05 Å². The molecule has 1 aliphatic heterocycles. The number of aromatic amines is 1. The van der Waals surface area contributed by atoms with Gasteiger partial charge in [-0.1, -0.05) is 36.4 Å². The van der Waals surface area contributed by atoms with E-state index in [1.165, 1.54) is 27.7 Å². The lowest BCUT2D eigenvalue weighted by molar-refractivity contribution is 0.840. The Bertz CT molecular complexity index is 878. The normalized spacial score (nSPS) is 14.2. The van der Waals surface area contributed by atoms with Crippen molar-refractivity contribution >= 4 is 22.5 Å². The van der Waals surface area contributed by atoms with Gasteiger partial charge in [-0.05, 0) is 36.1 Å². The van der Waals surface area contributed by atoms with Gasteiger partial charge in [-0.15, -0.1) is 0 Å². The molecule has 0 spiro atoms. The molecule has 4 rings (SSSR count). The van der Waals surface area contributed by atoms with E-state index in [2.05, 4.69) is 74.9 Å². The lowest BCUT2D eigenvalue weighted by Crippen LogP contribution is -2.41. The number of rotatable bonds is 3. The van der Waals surface area contributed by atoms with E-state index in [9.17, 15) is 0 Å². The molecule has 122 valence electrons. The summed E-state index contributed by atoms with van der Waals surface area (Å²) in [5, 5.41) is 4.82. The Balaban J connectivity index is 1.43. The second-order valence-electron chi connectivity index (χ2n) is 6.11. The Morgan fingerprint density at radius 2 is 2.00 bits per heavy atom. The molecular formula is C20H22N4. The number of aliphatic imine (C=N–C) groups is 1. The van der Waals surface area contributed by atoms with Gasteiger partial charge in [0.25, 0.3) is 0 Å². The zero-order chi connectivity index (χ0) is 16.4. The van der Waals surface area contributed by atoms with E-state index in [-0.39, 0.29) is 0 Å². The molecule has 0 saturated carbocycles. The van der Waals surface area contributed by atoms with Gasteiger partial charge in [-0.2, -0.15) is 0 Å². The summed E-state index contributed by atoms with van der Waals surface area (Å²) < 4.78 is 0. The van der Waals surface area contributed by atoms with Crippen LogP contribution in [0.15, 0.2) is 59.7 Å². The molecule has 0 fully saturated rings. The van der Waals surface area contributed by atoms with Crippen molar-refractivity contribution in [1.82, 2.24) is 10.3 Å². The average molecular weight is 318 g/mol. The molecule has 0 amide bonds. The van der Waals surface area contributed by atoms with E-state index in [0.29, 0.717) is 0 Å². The fourth-order valence-electron chi connectivity index (χ4n) is 3.50. The van der Waals surface area contributed by atoms with E-state index in [4.69, 9.17) is 0 Å². The van der Waals surface area contributed by atoms with Gasteiger partial charge in [0.05, 0.1) is 0 Å². The molecule has 0 saturated heterocycles. The lowest BCUT2D eigenvalue weighted by atomic mass is 10.1. The first-order chi connectivity index (χ1) is 11.9. The van der Waals surface area contributed by atoms with Crippen molar-refractivity contribution in [3.8, 4) is 0 Å². The van der Waals surface area contributed by atoms with E-state index >= 15 is 0 Å². The molecule has 0 bridgehead atoms. The Morgan fingerprint density at radius 3 is 2.92 bits per heavy atom. The van der Waals surface area contributed by atoms with Crippen molar-refractivity contribution in [2.45, 2.75) is 12.8 Å². The van der Waals surface area contributed by atoms with Crippen molar-refractivity contribution in [2.75, 3.05) is 25.0 Å². The van der Waals surface area contributed by atoms with Gasteiger partial charge >= 0.3 is 0 Å². The first-order valence-corrected chi connectivity index (χ1v) is 8.48. The lowest BCUT2D eigenvalue weighted by Gasteiger charge is -2.22. The summed E-state index contributed by atoms with van der Waals surface area (Å²) in [5.74, 6) is 0.958. The summed E-state index contributed by atoms with van der Waals surface area (Å²) in [4.78, 5) is 10.1. The molecular weight excluding hydrogens is 296 g/mol. The second kappa shape index (κ2) is 6.40.